The monoisotopic (exact) mass is 279 g/mol. The van der Waals surface area contributed by atoms with Crippen LogP contribution in [0.1, 0.15) is 12.5 Å². The van der Waals surface area contributed by atoms with Gasteiger partial charge in [0.25, 0.3) is 0 Å². The number of nitrogens with zero attached hydrogens (tertiary/aromatic N) is 2. The van der Waals surface area contributed by atoms with Gasteiger partial charge in [-0.2, -0.15) is 5.10 Å². The maximum absolute atomic E-state index is 6.09. The first-order valence-electron chi connectivity index (χ1n) is 5.33. The Bertz CT molecular complexity index is 568. The average Bonchev–Trinajstić information content (AvgIpc) is 2.40. The largest absolute Gasteiger partial charge is 0.261 e. The van der Waals surface area contributed by atoms with Crippen LogP contribution in [0.2, 0.25) is 10.0 Å². The number of hydrogen-bond acceptors (Lipinski definition) is 3. The highest BCUT2D eigenvalue weighted by Gasteiger charge is 2.04. The zero-order chi connectivity index (χ0) is 13.0. The fourth-order valence-electron chi connectivity index (χ4n) is 1.41. The third-order valence-electron chi connectivity index (χ3n) is 2.32. The van der Waals surface area contributed by atoms with Crippen molar-refractivity contribution in [1.82, 2.24) is 4.98 Å². The smallest absolute Gasteiger partial charge is 0.146 e. The molecule has 0 atom stereocenters. The molecule has 5 heteroatoms. The topological polar surface area (TPSA) is 37.3 Å². The number of benzene rings is 1. The molecule has 0 saturated carbocycles. The Kier molecular flexibility index (Phi) is 4.18. The lowest BCUT2D eigenvalue weighted by Gasteiger charge is -2.05. The van der Waals surface area contributed by atoms with Crippen LogP contribution in [0.4, 0.5) is 5.82 Å². The Morgan fingerprint density at radius 1 is 1.22 bits per heavy atom. The van der Waals surface area contributed by atoms with Gasteiger partial charge in [-0.3, -0.25) is 5.43 Å². The zero-order valence-electron chi connectivity index (χ0n) is 9.69. The molecule has 2 rings (SSSR count). The van der Waals surface area contributed by atoms with Crippen LogP contribution in [0.3, 0.4) is 0 Å². The number of hydrazone groups is 1. The van der Waals surface area contributed by atoms with Crippen LogP contribution in [-0.4, -0.2) is 10.7 Å². The van der Waals surface area contributed by atoms with Crippen molar-refractivity contribution in [1.29, 1.82) is 0 Å². The SMILES string of the molecule is C/C(=N\Nc1ccccn1)c1cc(Cl)ccc1Cl. The van der Waals surface area contributed by atoms with Gasteiger partial charge in [-0.1, -0.05) is 29.3 Å². The molecule has 0 radical (unpaired) electrons. The standard InChI is InChI=1S/C13H11Cl2N3/c1-9(11-8-10(14)5-6-12(11)15)17-18-13-4-2-3-7-16-13/h2-8H,1H3,(H,16,18)/b17-9+. The summed E-state index contributed by atoms with van der Waals surface area (Å²) in [5.41, 5.74) is 4.41. The van der Waals surface area contributed by atoms with E-state index in [0.717, 1.165) is 11.3 Å². The van der Waals surface area contributed by atoms with Crippen LogP contribution in [0.15, 0.2) is 47.7 Å². The molecule has 1 aromatic heterocycles. The summed E-state index contributed by atoms with van der Waals surface area (Å²) < 4.78 is 0. The van der Waals surface area contributed by atoms with E-state index in [4.69, 9.17) is 23.2 Å². The minimum atomic E-state index is 0.614. The van der Waals surface area contributed by atoms with Crippen molar-refractivity contribution in [3.8, 4) is 0 Å². The van der Waals surface area contributed by atoms with Gasteiger partial charge in [-0.15, -0.1) is 0 Å². The van der Waals surface area contributed by atoms with Gasteiger partial charge in [-0.25, -0.2) is 4.98 Å². The number of hydrogen-bond donors (Lipinski definition) is 1. The lowest BCUT2D eigenvalue weighted by Crippen LogP contribution is -2.01. The molecule has 0 amide bonds. The van der Waals surface area contributed by atoms with Crippen molar-refractivity contribution in [2.75, 3.05) is 5.43 Å². The van der Waals surface area contributed by atoms with Gasteiger partial charge < -0.3 is 0 Å². The predicted molar refractivity (Wildman–Crippen MR) is 76.5 cm³/mol. The van der Waals surface area contributed by atoms with Crippen molar-refractivity contribution in [2.45, 2.75) is 6.92 Å². The summed E-state index contributed by atoms with van der Waals surface area (Å²) in [6.45, 7) is 1.85. The molecule has 2 aromatic rings. The number of pyridine rings is 1. The highest BCUT2D eigenvalue weighted by atomic mass is 35.5. The van der Waals surface area contributed by atoms with Crippen LogP contribution >= 0.6 is 23.2 Å². The summed E-state index contributed by atoms with van der Waals surface area (Å²) in [5, 5.41) is 5.47. The molecule has 0 spiro atoms. The summed E-state index contributed by atoms with van der Waals surface area (Å²) in [5.74, 6) is 0.676. The van der Waals surface area contributed by atoms with Crippen molar-refractivity contribution in [3.63, 3.8) is 0 Å². The van der Waals surface area contributed by atoms with Crippen LogP contribution < -0.4 is 5.43 Å². The first-order chi connectivity index (χ1) is 8.66. The first kappa shape index (κ1) is 12.9. The Labute approximate surface area is 115 Å². The zero-order valence-corrected chi connectivity index (χ0v) is 11.2. The van der Waals surface area contributed by atoms with E-state index in [1.54, 1.807) is 24.4 Å². The lowest BCUT2D eigenvalue weighted by molar-refractivity contribution is 1.22. The van der Waals surface area contributed by atoms with Gasteiger partial charge in [-0.05, 0) is 37.3 Å². The van der Waals surface area contributed by atoms with Crippen LogP contribution in [-0.2, 0) is 0 Å². The van der Waals surface area contributed by atoms with Crippen molar-refractivity contribution < 1.29 is 0 Å². The van der Waals surface area contributed by atoms with E-state index < -0.39 is 0 Å². The number of nitrogens with one attached hydrogen (secondary N) is 1. The molecule has 0 bridgehead atoms. The van der Waals surface area contributed by atoms with E-state index in [2.05, 4.69) is 15.5 Å². The quantitative estimate of drug-likeness (QED) is 0.675. The van der Waals surface area contributed by atoms with E-state index in [9.17, 15) is 0 Å². The minimum Gasteiger partial charge on any atom is -0.261 e. The molecule has 18 heavy (non-hydrogen) atoms. The predicted octanol–water partition coefficient (Wildman–Crippen LogP) is 4.22. The summed E-state index contributed by atoms with van der Waals surface area (Å²) in [6.07, 6.45) is 1.69. The van der Waals surface area contributed by atoms with E-state index in [0.29, 0.717) is 15.9 Å². The summed E-state index contributed by atoms with van der Waals surface area (Å²) in [4.78, 5) is 4.11. The molecule has 92 valence electrons. The normalized spacial score (nSPS) is 11.4. The van der Waals surface area contributed by atoms with Gasteiger partial charge in [0.1, 0.15) is 5.82 Å². The van der Waals surface area contributed by atoms with Crippen molar-refractivity contribution >= 4 is 34.7 Å². The molecule has 0 aliphatic heterocycles. The molecule has 1 aromatic carbocycles. The molecule has 1 N–H and O–H groups in total. The second kappa shape index (κ2) is 5.85. The molecule has 0 aliphatic carbocycles. The number of aromatic nitrogens is 1. The minimum absolute atomic E-state index is 0.614. The Hall–Kier alpha value is -1.58. The Morgan fingerprint density at radius 2 is 2.06 bits per heavy atom. The molecule has 3 nitrogen and oxygen atoms in total. The third-order valence-corrected chi connectivity index (χ3v) is 2.89. The maximum Gasteiger partial charge on any atom is 0.146 e. The second-order valence-electron chi connectivity index (χ2n) is 3.65. The highest BCUT2D eigenvalue weighted by molar-refractivity contribution is 6.36. The third kappa shape index (κ3) is 3.22. The summed E-state index contributed by atoms with van der Waals surface area (Å²) in [6, 6.07) is 10.8. The van der Waals surface area contributed by atoms with Crippen molar-refractivity contribution in [3.05, 3.63) is 58.2 Å². The van der Waals surface area contributed by atoms with Gasteiger partial charge in [0, 0.05) is 21.8 Å². The average molecular weight is 280 g/mol. The molecular formula is C13H11Cl2N3. The van der Waals surface area contributed by atoms with Gasteiger partial charge in [0.2, 0.25) is 0 Å². The molecule has 0 saturated heterocycles. The first-order valence-corrected chi connectivity index (χ1v) is 6.09. The summed E-state index contributed by atoms with van der Waals surface area (Å²) >= 11 is 12.0. The Morgan fingerprint density at radius 3 is 2.78 bits per heavy atom. The van der Waals surface area contributed by atoms with E-state index >= 15 is 0 Å². The number of rotatable bonds is 3. The molecular weight excluding hydrogens is 269 g/mol. The second-order valence-corrected chi connectivity index (χ2v) is 4.49. The van der Waals surface area contributed by atoms with Gasteiger partial charge >= 0.3 is 0 Å². The molecule has 0 fully saturated rings. The van der Waals surface area contributed by atoms with Crippen molar-refractivity contribution in [2.24, 2.45) is 5.10 Å². The number of halogens is 2. The Balaban J connectivity index is 2.20. The fraction of sp³-hybridized carbons (Fsp3) is 0.0769. The summed E-state index contributed by atoms with van der Waals surface area (Å²) in [7, 11) is 0. The van der Waals surface area contributed by atoms with E-state index in [1.165, 1.54) is 0 Å². The molecule has 0 aliphatic rings. The van der Waals surface area contributed by atoms with Crippen LogP contribution in [0, 0.1) is 0 Å². The highest BCUT2D eigenvalue weighted by Crippen LogP contribution is 2.21. The van der Waals surface area contributed by atoms with E-state index in [1.807, 2.05) is 25.1 Å². The lowest BCUT2D eigenvalue weighted by atomic mass is 10.1. The van der Waals surface area contributed by atoms with Crippen LogP contribution in [0.25, 0.3) is 0 Å². The van der Waals surface area contributed by atoms with Gasteiger partial charge in [0.15, 0.2) is 0 Å². The maximum atomic E-state index is 6.09. The number of anilines is 1. The molecule has 0 unspecified atom stereocenters. The van der Waals surface area contributed by atoms with Crippen LogP contribution in [0.5, 0.6) is 0 Å². The fourth-order valence-corrected chi connectivity index (χ4v) is 1.83. The van der Waals surface area contributed by atoms with E-state index in [-0.39, 0.29) is 0 Å². The van der Waals surface area contributed by atoms with Gasteiger partial charge in [0.05, 0.1) is 5.71 Å². The molecule has 1 heterocycles.